The van der Waals surface area contributed by atoms with Crippen LogP contribution in [0.3, 0.4) is 0 Å². The monoisotopic (exact) mass is 660 g/mol. The number of hydrogen-bond donors (Lipinski definition) is 1. The molecule has 3 heterocycles. The number of nitrogens with zero attached hydrogens (tertiary/aromatic N) is 4. The lowest BCUT2D eigenvalue weighted by molar-refractivity contribution is -0.160. The van der Waals surface area contributed by atoms with Gasteiger partial charge in [0.15, 0.2) is 6.10 Å². The molecule has 3 aromatic carbocycles. The highest BCUT2D eigenvalue weighted by atomic mass is 35.5. The van der Waals surface area contributed by atoms with Gasteiger partial charge in [-0.2, -0.15) is 5.10 Å². The molecule has 10 heteroatoms. The van der Waals surface area contributed by atoms with E-state index in [1.165, 1.54) is 0 Å². The number of aromatic nitrogens is 3. The third kappa shape index (κ3) is 6.57. The Morgan fingerprint density at radius 3 is 2.46 bits per heavy atom. The highest BCUT2D eigenvalue weighted by molar-refractivity contribution is 7.22. The summed E-state index contributed by atoms with van der Waals surface area (Å²) in [5.41, 5.74) is 6.55. The van der Waals surface area contributed by atoms with Crippen LogP contribution in [0.4, 0.5) is 0 Å². The third-order valence-electron chi connectivity index (χ3n) is 8.73. The fourth-order valence-electron chi connectivity index (χ4n) is 6.54. The predicted octanol–water partition coefficient (Wildman–Crippen LogP) is 8.25. The van der Waals surface area contributed by atoms with Crippen molar-refractivity contribution in [3.05, 3.63) is 70.4 Å². The number of benzene rings is 3. The Bertz CT molecular complexity index is 1880. The average molecular weight is 661 g/mol. The van der Waals surface area contributed by atoms with E-state index in [0.717, 1.165) is 93.2 Å². The molecular formula is C36H41ClN4O4S. The van der Waals surface area contributed by atoms with Gasteiger partial charge < -0.3 is 19.5 Å². The number of aryl methyl sites for hydroxylation is 2. The zero-order chi connectivity index (χ0) is 32.7. The Kier molecular flexibility index (Phi) is 9.24. The summed E-state index contributed by atoms with van der Waals surface area (Å²) < 4.78 is 14.4. The average Bonchev–Trinajstić information content (AvgIpc) is 3.59. The van der Waals surface area contributed by atoms with Gasteiger partial charge in [-0.15, -0.1) is 11.3 Å². The quantitative estimate of drug-likeness (QED) is 0.170. The highest BCUT2D eigenvalue weighted by Gasteiger charge is 2.32. The smallest absolute Gasteiger partial charge is 0.337 e. The van der Waals surface area contributed by atoms with Gasteiger partial charge in [-0.25, -0.2) is 9.78 Å². The summed E-state index contributed by atoms with van der Waals surface area (Å²) in [4.78, 5) is 20.3. The van der Waals surface area contributed by atoms with Crippen molar-refractivity contribution in [3.63, 3.8) is 0 Å². The number of carbonyl (C=O) groups is 1. The van der Waals surface area contributed by atoms with Crippen LogP contribution in [0, 0.1) is 6.92 Å². The van der Waals surface area contributed by atoms with Crippen molar-refractivity contribution in [1.82, 2.24) is 19.7 Å². The Balaban J connectivity index is 1.46. The van der Waals surface area contributed by atoms with Gasteiger partial charge in [0.25, 0.3) is 0 Å². The molecule has 8 nitrogen and oxygen atoms in total. The molecule has 1 N–H and O–H groups in total. The van der Waals surface area contributed by atoms with Crippen molar-refractivity contribution >= 4 is 50.0 Å². The lowest BCUT2D eigenvalue weighted by Gasteiger charge is -2.31. The molecule has 0 unspecified atom stereocenters. The molecule has 0 amide bonds. The molecule has 2 aromatic heterocycles. The third-order valence-corrected chi connectivity index (χ3v) is 10.1. The number of fused-ring (bicyclic) bond motifs is 2. The summed E-state index contributed by atoms with van der Waals surface area (Å²) >= 11 is 7.85. The number of thiazole rings is 1. The van der Waals surface area contributed by atoms with E-state index in [-0.39, 0.29) is 0 Å². The summed E-state index contributed by atoms with van der Waals surface area (Å²) in [6.07, 6.45) is 0.973. The number of hydrogen-bond acceptors (Lipinski definition) is 7. The van der Waals surface area contributed by atoms with E-state index in [2.05, 4.69) is 23.1 Å². The van der Waals surface area contributed by atoms with Crippen molar-refractivity contribution in [2.24, 2.45) is 7.05 Å². The Hall–Kier alpha value is -3.34. The highest BCUT2D eigenvalue weighted by Crippen LogP contribution is 2.45. The first-order chi connectivity index (χ1) is 21.9. The van der Waals surface area contributed by atoms with Gasteiger partial charge >= 0.3 is 5.97 Å². The molecule has 0 aliphatic carbocycles. The lowest BCUT2D eigenvalue weighted by atomic mass is 9.91. The van der Waals surface area contributed by atoms with E-state index in [4.69, 9.17) is 31.2 Å². The molecule has 6 rings (SSSR count). The van der Waals surface area contributed by atoms with Crippen molar-refractivity contribution < 1.29 is 19.4 Å². The first-order valence-corrected chi connectivity index (χ1v) is 16.9. The van der Waals surface area contributed by atoms with Gasteiger partial charge in [0.1, 0.15) is 5.01 Å². The first kappa shape index (κ1) is 32.6. The second-order valence-electron chi connectivity index (χ2n) is 13.2. The molecule has 1 fully saturated rings. The zero-order valence-corrected chi connectivity index (χ0v) is 28.8. The van der Waals surface area contributed by atoms with Crippen LogP contribution < -0.4 is 0 Å². The zero-order valence-electron chi connectivity index (χ0n) is 27.3. The molecule has 0 bridgehead atoms. The standard InChI is InChI=1S/C36H41ClN4O4S/c1-21-19-27-33(30(22-7-10-25(37)11-8-22)29(21)32(35(42)43)45-36(2,3)4)46-34(38-27)24-9-12-28-26(20-24)31(39-40(28)5)23-13-15-41(16-14-23)17-18-44-6/h7-12,19-20,23,32H,13-18H2,1-6H3,(H,42,43)/t32-/m0/s1. The second-order valence-corrected chi connectivity index (χ2v) is 14.6. The van der Waals surface area contributed by atoms with Gasteiger partial charge in [-0.05, 0) is 101 Å². The van der Waals surface area contributed by atoms with E-state index < -0.39 is 17.7 Å². The SMILES string of the molecule is COCCN1CCC(c2nn(C)c3ccc(-c4nc5cc(C)c([C@H](OC(C)(C)C)C(=O)O)c(-c6ccc(Cl)cc6)c5s4)cc23)CC1. The van der Waals surface area contributed by atoms with E-state index in [9.17, 15) is 9.90 Å². The second kappa shape index (κ2) is 13.0. The van der Waals surface area contributed by atoms with Gasteiger partial charge in [0.2, 0.25) is 0 Å². The molecule has 5 aromatic rings. The number of carboxylic acids is 1. The van der Waals surface area contributed by atoms with Gasteiger partial charge in [-0.1, -0.05) is 23.7 Å². The normalized spacial score (nSPS) is 15.6. The number of likely N-dealkylation sites (tertiary alicyclic amines) is 1. The lowest BCUT2D eigenvalue weighted by Crippen LogP contribution is -2.35. The van der Waals surface area contributed by atoms with Crippen molar-refractivity contribution in [3.8, 4) is 21.7 Å². The molecule has 1 atom stereocenters. The minimum atomic E-state index is -1.16. The Morgan fingerprint density at radius 2 is 1.80 bits per heavy atom. The van der Waals surface area contributed by atoms with Gasteiger partial charge in [0, 0.05) is 53.7 Å². The van der Waals surface area contributed by atoms with E-state index in [1.54, 1.807) is 18.4 Å². The van der Waals surface area contributed by atoms with Crippen LogP contribution in [-0.4, -0.2) is 69.7 Å². The van der Waals surface area contributed by atoms with Gasteiger partial charge in [-0.3, -0.25) is 4.68 Å². The minimum absolute atomic E-state index is 0.394. The van der Waals surface area contributed by atoms with E-state index in [0.29, 0.717) is 16.5 Å². The van der Waals surface area contributed by atoms with Crippen LogP contribution in [0.25, 0.3) is 42.8 Å². The number of piperidine rings is 1. The van der Waals surface area contributed by atoms with Gasteiger partial charge in [0.05, 0.1) is 33.6 Å². The molecule has 46 heavy (non-hydrogen) atoms. The van der Waals surface area contributed by atoms with Crippen LogP contribution in [-0.2, 0) is 21.3 Å². The van der Waals surface area contributed by atoms with Crippen molar-refractivity contribution in [2.75, 3.05) is 33.4 Å². The predicted molar refractivity (Wildman–Crippen MR) is 186 cm³/mol. The molecule has 0 spiro atoms. The number of carboxylic acid groups (broad SMARTS) is 1. The number of aliphatic carboxylic acids is 1. The molecular weight excluding hydrogens is 620 g/mol. The number of ether oxygens (including phenoxy) is 2. The molecule has 1 aliphatic heterocycles. The van der Waals surface area contributed by atoms with Crippen LogP contribution >= 0.6 is 22.9 Å². The maximum Gasteiger partial charge on any atom is 0.337 e. The summed E-state index contributed by atoms with van der Waals surface area (Å²) in [6, 6.07) is 16.0. The van der Waals surface area contributed by atoms with E-state index in [1.807, 2.05) is 69.8 Å². The summed E-state index contributed by atoms with van der Waals surface area (Å²) in [5, 5.41) is 18.0. The van der Waals surface area contributed by atoms with Crippen LogP contribution in [0.1, 0.15) is 62.5 Å². The summed E-state index contributed by atoms with van der Waals surface area (Å²) in [7, 11) is 3.76. The largest absolute Gasteiger partial charge is 0.479 e. The maximum absolute atomic E-state index is 12.7. The Morgan fingerprint density at radius 1 is 1.11 bits per heavy atom. The molecule has 0 radical (unpaired) electrons. The van der Waals surface area contributed by atoms with Crippen molar-refractivity contribution in [2.45, 2.75) is 58.2 Å². The fourth-order valence-corrected chi connectivity index (χ4v) is 7.79. The Labute approximate surface area is 278 Å². The minimum Gasteiger partial charge on any atom is -0.479 e. The fraction of sp³-hybridized carbons (Fsp3) is 0.417. The number of halogens is 1. The van der Waals surface area contributed by atoms with Crippen LogP contribution in [0.15, 0.2) is 48.5 Å². The molecule has 1 saturated heterocycles. The van der Waals surface area contributed by atoms with Crippen LogP contribution in [0.5, 0.6) is 0 Å². The summed E-state index contributed by atoms with van der Waals surface area (Å²) in [6.45, 7) is 11.3. The maximum atomic E-state index is 12.7. The number of methoxy groups -OCH3 is 1. The first-order valence-electron chi connectivity index (χ1n) is 15.7. The van der Waals surface area contributed by atoms with Crippen LogP contribution in [0.2, 0.25) is 5.02 Å². The molecule has 1 aliphatic rings. The molecule has 242 valence electrons. The molecule has 0 saturated carbocycles. The van der Waals surface area contributed by atoms with Crippen molar-refractivity contribution in [1.29, 1.82) is 0 Å². The van der Waals surface area contributed by atoms with E-state index >= 15 is 0 Å². The topological polar surface area (TPSA) is 89.7 Å². The summed E-state index contributed by atoms with van der Waals surface area (Å²) in [5.74, 6) is -0.637. The number of rotatable bonds is 9.